The van der Waals surface area contributed by atoms with Gasteiger partial charge in [-0.2, -0.15) is 0 Å². The van der Waals surface area contributed by atoms with Crippen LogP contribution in [0.2, 0.25) is 5.02 Å². The minimum atomic E-state index is -2.56. The maximum atomic E-state index is 13.5. The number of carbonyl (C=O) groups is 2. The average molecular weight is 509 g/mol. The molecule has 2 aromatic rings. The van der Waals surface area contributed by atoms with E-state index >= 15 is 0 Å². The molecule has 2 heterocycles. The third kappa shape index (κ3) is 6.16. The maximum Gasteiger partial charge on any atom is 0.410 e. The van der Waals surface area contributed by atoms with Crippen LogP contribution in [0, 0.1) is 5.92 Å². The highest BCUT2D eigenvalue weighted by molar-refractivity contribution is 6.37. The van der Waals surface area contributed by atoms with Crippen molar-refractivity contribution in [1.82, 2.24) is 9.47 Å². The number of likely N-dealkylation sites (tertiary alicyclic amines) is 1. The summed E-state index contributed by atoms with van der Waals surface area (Å²) in [6.07, 6.45) is 4.96. The Kier molecular flexibility index (Phi) is 7.46. The molecular formula is C27H35ClF2N2O3. The number of hydrogen-bond donors (Lipinski definition) is 0. The van der Waals surface area contributed by atoms with Gasteiger partial charge in [0, 0.05) is 49.5 Å². The van der Waals surface area contributed by atoms with Crippen molar-refractivity contribution in [2.45, 2.75) is 96.2 Å². The summed E-state index contributed by atoms with van der Waals surface area (Å²) in [4.78, 5) is 27.8. The van der Waals surface area contributed by atoms with Crippen molar-refractivity contribution in [3.05, 3.63) is 35.0 Å². The molecule has 2 aliphatic rings. The van der Waals surface area contributed by atoms with Gasteiger partial charge in [-0.25, -0.2) is 13.6 Å². The van der Waals surface area contributed by atoms with Gasteiger partial charge in [0.1, 0.15) is 5.60 Å². The van der Waals surface area contributed by atoms with Gasteiger partial charge in [0.25, 0.3) is 0 Å². The fourth-order valence-electron chi connectivity index (χ4n) is 5.34. The van der Waals surface area contributed by atoms with E-state index in [2.05, 4.69) is 0 Å². The first-order valence-electron chi connectivity index (χ1n) is 12.6. The first kappa shape index (κ1) is 25.9. The molecule has 0 N–H and O–H groups in total. The summed E-state index contributed by atoms with van der Waals surface area (Å²) >= 11 is 6.53. The van der Waals surface area contributed by atoms with Gasteiger partial charge in [-0.15, -0.1) is 0 Å². The zero-order valence-electron chi connectivity index (χ0n) is 20.8. The van der Waals surface area contributed by atoms with Gasteiger partial charge in [-0.05, 0) is 70.9 Å². The first-order valence-corrected chi connectivity index (χ1v) is 13.0. The number of fused-ring (bicyclic) bond motifs is 1. The molecule has 2 fully saturated rings. The predicted molar refractivity (Wildman–Crippen MR) is 133 cm³/mol. The number of nitrogens with zero attached hydrogens (tertiary/aromatic N) is 2. The van der Waals surface area contributed by atoms with Crippen molar-refractivity contribution in [3.8, 4) is 0 Å². The molecule has 0 bridgehead atoms. The van der Waals surface area contributed by atoms with Gasteiger partial charge in [0.2, 0.25) is 5.92 Å². The van der Waals surface area contributed by atoms with Crippen LogP contribution in [0.15, 0.2) is 24.4 Å². The number of amides is 1. The second-order valence-electron chi connectivity index (χ2n) is 11.1. The molecule has 1 amide bonds. The van der Waals surface area contributed by atoms with Crippen LogP contribution in [0.25, 0.3) is 10.9 Å². The molecule has 1 aliphatic heterocycles. The van der Waals surface area contributed by atoms with E-state index in [0.717, 1.165) is 23.7 Å². The van der Waals surface area contributed by atoms with Crippen LogP contribution in [-0.2, 0) is 11.3 Å². The lowest BCUT2D eigenvalue weighted by Gasteiger charge is -2.29. The van der Waals surface area contributed by atoms with Gasteiger partial charge in [0.05, 0.1) is 16.6 Å². The van der Waals surface area contributed by atoms with Crippen LogP contribution < -0.4 is 0 Å². The Morgan fingerprint density at radius 2 is 1.89 bits per heavy atom. The summed E-state index contributed by atoms with van der Waals surface area (Å²) < 4.78 is 34.6. The van der Waals surface area contributed by atoms with Crippen LogP contribution in [0.4, 0.5) is 13.6 Å². The lowest BCUT2D eigenvalue weighted by atomic mass is 9.83. The Morgan fingerprint density at radius 3 is 2.57 bits per heavy atom. The third-order valence-corrected chi connectivity index (χ3v) is 7.50. The van der Waals surface area contributed by atoms with E-state index in [4.69, 9.17) is 16.3 Å². The summed E-state index contributed by atoms with van der Waals surface area (Å²) in [5, 5.41) is 1.23. The largest absolute Gasteiger partial charge is 0.444 e. The van der Waals surface area contributed by atoms with Crippen LogP contribution in [0.5, 0.6) is 0 Å². The molecule has 1 saturated carbocycles. The fourth-order valence-corrected chi connectivity index (χ4v) is 5.61. The summed E-state index contributed by atoms with van der Waals surface area (Å²) in [5.41, 5.74) is 0.855. The monoisotopic (exact) mass is 508 g/mol. The molecule has 1 aromatic heterocycles. The molecule has 8 heteroatoms. The van der Waals surface area contributed by atoms with Crippen molar-refractivity contribution < 1.29 is 23.1 Å². The molecule has 4 rings (SSSR count). The topological polar surface area (TPSA) is 51.5 Å². The van der Waals surface area contributed by atoms with E-state index in [1.54, 1.807) is 11.0 Å². The van der Waals surface area contributed by atoms with Gasteiger partial charge >= 0.3 is 6.09 Å². The van der Waals surface area contributed by atoms with Gasteiger partial charge in [-0.3, -0.25) is 4.79 Å². The number of Topliss-reactive ketones (excluding diaryl/α,β-unsaturated/α-hetero) is 1. The van der Waals surface area contributed by atoms with Crippen molar-refractivity contribution in [2.24, 2.45) is 5.92 Å². The lowest BCUT2D eigenvalue weighted by Crippen LogP contribution is -2.41. The number of benzene rings is 1. The standard InChI is InChI=1S/C27H35ClF2N2O3/c1-26(2,3)35-25(34)32-15-5-6-19(32)16-31-17-20(24-21(28)7-4-8-22(24)31)23(33)10-9-18-11-13-27(29,30)14-12-18/h4,7-8,17-19H,5-6,9-16H2,1-3H3/t19-/m0/s1. The van der Waals surface area contributed by atoms with Crippen molar-refractivity contribution in [1.29, 1.82) is 0 Å². The first-order chi connectivity index (χ1) is 16.4. The Balaban J connectivity index is 1.51. The highest BCUT2D eigenvalue weighted by Gasteiger charge is 2.35. The van der Waals surface area contributed by atoms with E-state index in [-0.39, 0.29) is 36.7 Å². The number of rotatable bonds is 6. The number of halogens is 3. The number of hydrogen-bond acceptors (Lipinski definition) is 3. The zero-order valence-corrected chi connectivity index (χ0v) is 21.5. The fraction of sp³-hybridized carbons (Fsp3) is 0.630. The van der Waals surface area contributed by atoms with Gasteiger partial charge in [0.15, 0.2) is 5.78 Å². The molecule has 0 radical (unpaired) electrons. The Labute approximate surface area is 210 Å². The summed E-state index contributed by atoms with van der Waals surface area (Å²) in [6.45, 7) is 6.75. The van der Waals surface area contributed by atoms with E-state index in [1.807, 2.05) is 43.7 Å². The minimum absolute atomic E-state index is 0.0189. The molecule has 192 valence electrons. The molecule has 0 unspecified atom stereocenters. The van der Waals surface area contributed by atoms with E-state index in [9.17, 15) is 18.4 Å². The van der Waals surface area contributed by atoms with Crippen LogP contribution in [0.1, 0.15) is 82.5 Å². The number of ether oxygens (including phenoxy) is 1. The van der Waals surface area contributed by atoms with Crippen molar-refractivity contribution >= 4 is 34.4 Å². The van der Waals surface area contributed by atoms with E-state index in [0.29, 0.717) is 49.4 Å². The molecule has 1 atom stereocenters. The molecule has 1 aliphatic carbocycles. The normalized spacial score (nSPS) is 21.0. The highest BCUT2D eigenvalue weighted by atomic mass is 35.5. The maximum absolute atomic E-state index is 13.5. The molecule has 35 heavy (non-hydrogen) atoms. The molecule has 5 nitrogen and oxygen atoms in total. The number of alkyl halides is 2. The second-order valence-corrected chi connectivity index (χ2v) is 11.5. The van der Waals surface area contributed by atoms with Crippen LogP contribution >= 0.6 is 11.6 Å². The predicted octanol–water partition coefficient (Wildman–Crippen LogP) is 7.48. The Bertz CT molecular complexity index is 1080. The zero-order chi connectivity index (χ0) is 25.4. The smallest absolute Gasteiger partial charge is 0.410 e. The lowest BCUT2D eigenvalue weighted by molar-refractivity contribution is -0.0464. The molecular weight excluding hydrogens is 474 g/mol. The summed E-state index contributed by atoms with van der Waals surface area (Å²) in [5.74, 6) is -2.42. The minimum Gasteiger partial charge on any atom is -0.444 e. The van der Waals surface area contributed by atoms with E-state index in [1.165, 1.54) is 0 Å². The average Bonchev–Trinajstić information content (AvgIpc) is 3.38. The molecule has 1 saturated heterocycles. The Hall–Kier alpha value is -2.15. The third-order valence-electron chi connectivity index (χ3n) is 7.18. The van der Waals surface area contributed by atoms with Crippen molar-refractivity contribution in [3.63, 3.8) is 0 Å². The second kappa shape index (κ2) is 10.1. The highest BCUT2D eigenvalue weighted by Crippen LogP contribution is 2.38. The van der Waals surface area contributed by atoms with Crippen LogP contribution in [0.3, 0.4) is 0 Å². The molecule has 1 aromatic carbocycles. The van der Waals surface area contributed by atoms with Crippen LogP contribution in [-0.4, -0.2) is 45.5 Å². The number of carbonyl (C=O) groups excluding carboxylic acids is 2. The summed E-state index contributed by atoms with van der Waals surface area (Å²) in [7, 11) is 0. The van der Waals surface area contributed by atoms with Crippen molar-refractivity contribution in [2.75, 3.05) is 6.54 Å². The summed E-state index contributed by atoms with van der Waals surface area (Å²) in [6, 6.07) is 5.54. The number of ketones is 1. The SMILES string of the molecule is CC(C)(C)OC(=O)N1CCC[C@H]1Cn1cc(C(=O)CCC2CCC(F)(F)CC2)c2c(Cl)cccc21. The number of aromatic nitrogens is 1. The Morgan fingerprint density at radius 1 is 1.17 bits per heavy atom. The van der Waals surface area contributed by atoms with Gasteiger partial charge < -0.3 is 14.2 Å². The molecule has 0 spiro atoms. The van der Waals surface area contributed by atoms with Gasteiger partial charge in [-0.1, -0.05) is 17.7 Å². The quantitative estimate of drug-likeness (QED) is 0.380. The van der Waals surface area contributed by atoms with E-state index < -0.39 is 11.5 Å².